The average molecular weight is 383 g/mol. The van der Waals surface area contributed by atoms with E-state index in [0.29, 0.717) is 20.8 Å². The van der Waals surface area contributed by atoms with Crippen molar-refractivity contribution >= 4 is 46.2 Å². The second kappa shape index (κ2) is 8.13. The summed E-state index contributed by atoms with van der Waals surface area (Å²) in [7, 11) is 0. The highest BCUT2D eigenvalue weighted by molar-refractivity contribution is 8.18. The van der Waals surface area contributed by atoms with Gasteiger partial charge in [-0.3, -0.25) is 4.79 Å². The smallest absolute Gasteiger partial charge is 0.264 e. The molecule has 0 aromatic heterocycles. The van der Waals surface area contributed by atoms with Crippen LogP contribution in [0.3, 0.4) is 0 Å². The number of hydrogen-bond donors (Lipinski definition) is 1. The van der Waals surface area contributed by atoms with Crippen molar-refractivity contribution < 1.29 is 9.53 Å². The summed E-state index contributed by atoms with van der Waals surface area (Å²) in [5.41, 5.74) is 2.49. The Balaban J connectivity index is 1.77. The highest BCUT2D eigenvalue weighted by atomic mass is 35.5. The zero-order valence-electron chi connectivity index (χ0n) is 14.0. The van der Waals surface area contributed by atoms with Gasteiger partial charge in [0.05, 0.1) is 10.6 Å². The zero-order chi connectivity index (χ0) is 18.5. The monoisotopic (exact) mass is 382 g/mol. The van der Waals surface area contributed by atoms with E-state index in [1.165, 1.54) is 11.8 Å². The Hall–Kier alpha value is -2.68. The minimum atomic E-state index is -0.180. The second-order valence-corrected chi connectivity index (χ2v) is 6.87. The van der Waals surface area contributed by atoms with Gasteiger partial charge in [-0.1, -0.05) is 35.7 Å². The minimum absolute atomic E-state index is 0.180. The van der Waals surface area contributed by atoms with E-state index in [1.807, 2.05) is 49.4 Å². The number of carbonyl (C=O) groups excluding carboxylic acids is 1. The van der Waals surface area contributed by atoms with Gasteiger partial charge in [0.15, 0.2) is 5.17 Å². The average Bonchev–Trinajstić information content (AvgIpc) is 2.97. The molecule has 1 heterocycles. The fraction of sp³-hybridized carbons (Fsp3) is 0.100. The number of aliphatic imine (C=N–C) groups is 1. The third-order valence-corrected chi connectivity index (χ3v) is 4.93. The lowest BCUT2D eigenvalue weighted by atomic mass is 10.2. The first-order valence-corrected chi connectivity index (χ1v) is 8.97. The molecule has 1 aliphatic rings. The molecule has 0 bridgehead atoms. The van der Waals surface area contributed by atoms with Crippen molar-refractivity contribution in [3.05, 3.63) is 63.5 Å². The number of benzene rings is 2. The summed E-state index contributed by atoms with van der Waals surface area (Å²) in [6.07, 6.45) is 6.97. The summed E-state index contributed by atoms with van der Waals surface area (Å²) in [6.45, 7) is 2.12. The van der Waals surface area contributed by atoms with E-state index in [-0.39, 0.29) is 12.5 Å². The summed E-state index contributed by atoms with van der Waals surface area (Å²) in [5, 5.41) is 3.95. The molecule has 0 unspecified atom stereocenters. The van der Waals surface area contributed by atoms with Gasteiger partial charge in [-0.2, -0.15) is 0 Å². The van der Waals surface area contributed by atoms with Gasteiger partial charge in [0.1, 0.15) is 12.4 Å². The van der Waals surface area contributed by atoms with Crippen LogP contribution in [0.2, 0.25) is 5.02 Å². The molecule has 1 amide bonds. The van der Waals surface area contributed by atoms with Gasteiger partial charge >= 0.3 is 0 Å². The zero-order valence-corrected chi connectivity index (χ0v) is 15.5. The normalized spacial score (nSPS) is 16.6. The van der Waals surface area contributed by atoms with Gasteiger partial charge < -0.3 is 10.1 Å². The molecule has 1 N–H and O–H groups in total. The van der Waals surface area contributed by atoms with Crippen molar-refractivity contribution in [2.24, 2.45) is 4.99 Å². The topological polar surface area (TPSA) is 50.7 Å². The van der Waals surface area contributed by atoms with Gasteiger partial charge in [0, 0.05) is 5.02 Å². The molecule has 4 nitrogen and oxygen atoms in total. The van der Waals surface area contributed by atoms with Crippen LogP contribution in [0.1, 0.15) is 11.1 Å². The Kier molecular flexibility index (Phi) is 5.67. The number of amidine groups is 1. The van der Waals surface area contributed by atoms with Gasteiger partial charge in [0.2, 0.25) is 0 Å². The Morgan fingerprint density at radius 3 is 2.81 bits per heavy atom. The van der Waals surface area contributed by atoms with Gasteiger partial charge in [-0.05, 0) is 60.2 Å². The first kappa shape index (κ1) is 18.1. The van der Waals surface area contributed by atoms with Crippen LogP contribution in [0.15, 0.2) is 52.4 Å². The van der Waals surface area contributed by atoms with Crippen molar-refractivity contribution in [3.8, 4) is 18.1 Å². The lowest BCUT2D eigenvalue weighted by Gasteiger charge is -2.02. The van der Waals surface area contributed by atoms with Crippen molar-refractivity contribution in [1.82, 2.24) is 5.32 Å². The number of nitrogens with one attached hydrogen (secondary N) is 1. The van der Waals surface area contributed by atoms with E-state index in [4.69, 9.17) is 22.8 Å². The van der Waals surface area contributed by atoms with Crippen LogP contribution in [0, 0.1) is 19.3 Å². The summed E-state index contributed by atoms with van der Waals surface area (Å²) < 4.78 is 5.33. The van der Waals surface area contributed by atoms with Crippen LogP contribution < -0.4 is 10.1 Å². The first-order valence-electron chi connectivity index (χ1n) is 7.78. The summed E-state index contributed by atoms with van der Waals surface area (Å²) in [5.74, 6) is 2.92. The lowest BCUT2D eigenvalue weighted by molar-refractivity contribution is -0.115. The number of terminal acetylenes is 1. The fourth-order valence-electron chi connectivity index (χ4n) is 2.24. The number of hydrogen-bond acceptors (Lipinski definition) is 4. The maximum absolute atomic E-state index is 12.2. The van der Waals surface area contributed by atoms with Gasteiger partial charge in [0.25, 0.3) is 5.91 Å². The molecule has 1 saturated heterocycles. The molecule has 0 spiro atoms. The molecule has 1 fully saturated rings. The van der Waals surface area contributed by atoms with Crippen LogP contribution in [0.25, 0.3) is 6.08 Å². The van der Waals surface area contributed by atoms with Crippen LogP contribution in [0.4, 0.5) is 5.69 Å². The number of nitrogens with zero attached hydrogens (tertiary/aromatic N) is 1. The minimum Gasteiger partial charge on any atom is -0.481 e. The number of rotatable bonds is 4. The molecule has 2 aromatic carbocycles. The van der Waals surface area contributed by atoms with E-state index < -0.39 is 0 Å². The molecular formula is C20H15ClN2O2S. The molecule has 0 radical (unpaired) electrons. The fourth-order valence-corrected chi connectivity index (χ4v) is 3.25. The molecule has 3 rings (SSSR count). The predicted molar refractivity (Wildman–Crippen MR) is 108 cm³/mol. The van der Waals surface area contributed by atoms with E-state index in [0.717, 1.165) is 16.8 Å². The highest BCUT2D eigenvalue weighted by Crippen LogP contribution is 2.31. The third-order valence-electron chi connectivity index (χ3n) is 3.61. The number of halogens is 1. The Labute approximate surface area is 161 Å². The number of thioether (sulfide) groups is 1. The summed E-state index contributed by atoms with van der Waals surface area (Å²) in [4.78, 5) is 17.2. The van der Waals surface area contributed by atoms with E-state index in [9.17, 15) is 4.79 Å². The maximum atomic E-state index is 12.2. The van der Waals surface area contributed by atoms with Crippen molar-refractivity contribution in [2.75, 3.05) is 6.61 Å². The summed E-state index contributed by atoms with van der Waals surface area (Å²) >= 11 is 7.40. The molecule has 2 aromatic rings. The number of ether oxygens (including phenoxy) is 1. The Morgan fingerprint density at radius 2 is 2.08 bits per heavy atom. The molecule has 26 heavy (non-hydrogen) atoms. The van der Waals surface area contributed by atoms with E-state index in [1.54, 1.807) is 6.08 Å². The summed E-state index contributed by atoms with van der Waals surface area (Å²) in [6, 6.07) is 12.8. The molecular weight excluding hydrogens is 368 g/mol. The SMILES string of the molecule is C#CCOc1ccc(/C=C2/SC(=Nc3cccc(Cl)c3C)NC2=O)cc1. The molecule has 0 aliphatic carbocycles. The van der Waals surface area contributed by atoms with Gasteiger partial charge in [-0.15, -0.1) is 6.42 Å². The van der Waals surface area contributed by atoms with Crippen molar-refractivity contribution in [3.63, 3.8) is 0 Å². The van der Waals surface area contributed by atoms with Crippen LogP contribution >= 0.6 is 23.4 Å². The molecule has 6 heteroatoms. The first-order chi connectivity index (χ1) is 12.6. The highest BCUT2D eigenvalue weighted by Gasteiger charge is 2.24. The van der Waals surface area contributed by atoms with Crippen molar-refractivity contribution in [1.29, 1.82) is 0 Å². The molecule has 130 valence electrons. The number of carbonyl (C=O) groups is 1. The lowest BCUT2D eigenvalue weighted by Crippen LogP contribution is -2.19. The number of amides is 1. The van der Waals surface area contributed by atoms with E-state index >= 15 is 0 Å². The van der Waals surface area contributed by atoms with E-state index in [2.05, 4.69) is 16.2 Å². The second-order valence-electron chi connectivity index (χ2n) is 5.43. The predicted octanol–water partition coefficient (Wildman–Crippen LogP) is 4.55. The largest absolute Gasteiger partial charge is 0.481 e. The Morgan fingerprint density at radius 1 is 1.31 bits per heavy atom. The maximum Gasteiger partial charge on any atom is 0.264 e. The van der Waals surface area contributed by atoms with Gasteiger partial charge in [-0.25, -0.2) is 4.99 Å². The van der Waals surface area contributed by atoms with Crippen LogP contribution in [-0.2, 0) is 4.79 Å². The van der Waals surface area contributed by atoms with Crippen LogP contribution in [0.5, 0.6) is 5.75 Å². The third kappa shape index (κ3) is 4.29. The van der Waals surface area contributed by atoms with Crippen LogP contribution in [-0.4, -0.2) is 17.7 Å². The Bertz CT molecular complexity index is 943. The van der Waals surface area contributed by atoms with Crippen molar-refractivity contribution in [2.45, 2.75) is 6.92 Å². The molecule has 0 saturated carbocycles. The quantitative estimate of drug-likeness (QED) is 0.623. The standard InChI is InChI=1S/C20H15ClN2O2S/c1-3-11-25-15-9-7-14(8-10-15)12-18-19(24)23-20(26-18)22-17-6-4-5-16(21)13(17)2/h1,4-10,12H,11H2,2H3,(H,22,23,24)/b18-12+. The molecule has 0 atom stereocenters. The molecule has 1 aliphatic heterocycles.